The summed E-state index contributed by atoms with van der Waals surface area (Å²) in [5, 5.41) is 1.73. The van der Waals surface area contributed by atoms with Gasteiger partial charge in [0.15, 0.2) is 29.4 Å². The molecule has 1 N–H and O–H groups in total. The largest absolute Gasteiger partial charge is 0.449 e. The molecule has 1 heterocycles. The van der Waals surface area contributed by atoms with Gasteiger partial charge in [-0.3, -0.25) is 4.79 Å². The Hall–Kier alpha value is -5.12. The maximum atomic E-state index is 14.0. The van der Waals surface area contributed by atoms with Gasteiger partial charge < -0.3 is 10.1 Å². The van der Waals surface area contributed by atoms with Crippen LogP contribution < -0.4 is 5.32 Å². The molecule has 0 bridgehead atoms. The van der Waals surface area contributed by atoms with Crippen molar-refractivity contribution in [3.63, 3.8) is 0 Å². The van der Waals surface area contributed by atoms with Gasteiger partial charge in [0.2, 0.25) is 0 Å². The molecule has 1 atom stereocenters. The maximum absolute atomic E-state index is 14.0. The third-order valence-corrected chi connectivity index (χ3v) is 6.56. The van der Waals surface area contributed by atoms with E-state index in [2.05, 4.69) is 0 Å². The molecule has 0 spiro atoms. The quantitative estimate of drug-likeness (QED) is 0.131. The van der Waals surface area contributed by atoms with E-state index in [9.17, 15) is 27.2 Å². The van der Waals surface area contributed by atoms with Gasteiger partial charge in [-0.2, -0.15) is 0 Å². The van der Waals surface area contributed by atoms with Gasteiger partial charge in [-0.1, -0.05) is 59.7 Å². The molecule has 0 aliphatic heterocycles. The number of amides is 1. The van der Waals surface area contributed by atoms with Crippen LogP contribution in [0.4, 0.5) is 23.2 Å². The predicted octanol–water partition coefficient (Wildman–Crippen LogP) is 7.32. The van der Waals surface area contributed by atoms with E-state index in [0.717, 1.165) is 29.2 Å². The van der Waals surface area contributed by atoms with Crippen molar-refractivity contribution < 1.29 is 31.9 Å². The van der Waals surface area contributed by atoms with Crippen LogP contribution in [-0.2, 0) is 9.53 Å². The van der Waals surface area contributed by atoms with Crippen molar-refractivity contribution >= 4 is 28.6 Å². The van der Waals surface area contributed by atoms with Crippen molar-refractivity contribution in [1.82, 2.24) is 9.97 Å². The number of ether oxygens (including phenoxy) is 1. The molecule has 1 amide bonds. The minimum Gasteiger partial charge on any atom is -0.449 e. The molecule has 1 unspecified atom stereocenters. The molecule has 0 radical (unpaired) electrons. The number of anilines is 1. The van der Waals surface area contributed by atoms with Crippen LogP contribution in [0.1, 0.15) is 28.4 Å². The summed E-state index contributed by atoms with van der Waals surface area (Å²) in [7, 11) is 0. The number of nitrogens with zero attached hydrogens (tertiary/aromatic N) is 2. The normalized spacial score (nSPS) is 11.8. The van der Waals surface area contributed by atoms with Crippen molar-refractivity contribution in [3.05, 3.63) is 113 Å². The lowest BCUT2D eigenvalue weighted by Gasteiger charge is -2.15. The van der Waals surface area contributed by atoms with Gasteiger partial charge in [0, 0.05) is 17.2 Å². The van der Waals surface area contributed by atoms with Crippen molar-refractivity contribution in [2.45, 2.75) is 26.9 Å². The number of nitrogens with one attached hydrogen (secondary N) is 1. The molecule has 0 saturated carbocycles. The van der Waals surface area contributed by atoms with E-state index in [4.69, 9.17) is 14.7 Å². The van der Waals surface area contributed by atoms with E-state index in [0.29, 0.717) is 22.4 Å². The monoisotopic (exact) mass is 573 g/mol. The van der Waals surface area contributed by atoms with E-state index < -0.39 is 46.9 Å². The highest BCUT2D eigenvalue weighted by molar-refractivity contribution is 5.99. The molecular weight excluding hydrogens is 550 g/mol. The van der Waals surface area contributed by atoms with Gasteiger partial charge in [0.1, 0.15) is 5.69 Å². The Balaban J connectivity index is 1.44. The highest BCUT2D eigenvalue weighted by Crippen LogP contribution is 2.32. The summed E-state index contributed by atoms with van der Waals surface area (Å²) < 4.78 is 60.1. The van der Waals surface area contributed by atoms with Gasteiger partial charge in [-0.05, 0) is 39.0 Å². The standard InChI is InChI=1S/C32H23F4N3O3/c1-16-4-8-19(9-5-16)28-29(20-10-6-17(2)7-11-20)38-25-14-21(12-13-24(25)37-28)32(41)42-18(3)31(40)39-30-26(35)22(33)15-23(34)27(30)36/h4-15,18H,1-3H3,(H,39,40). The van der Waals surface area contributed by atoms with Crippen LogP contribution in [0, 0.1) is 37.1 Å². The summed E-state index contributed by atoms with van der Waals surface area (Å²) >= 11 is 0. The third kappa shape index (κ3) is 5.69. The molecule has 0 aliphatic carbocycles. The van der Waals surface area contributed by atoms with Crippen molar-refractivity contribution in [1.29, 1.82) is 0 Å². The third-order valence-electron chi connectivity index (χ3n) is 6.56. The number of halogens is 4. The number of aryl methyl sites for hydroxylation is 2. The molecule has 0 fully saturated rings. The smallest absolute Gasteiger partial charge is 0.338 e. The molecule has 5 rings (SSSR count). The second kappa shape index (κ2) is 11.4. The lowest BCUT2D eigenvalue weighted by atomic mass is 10.0. The molecule has 1 aromatic heterocycles. The Bertz CT molecular complexity index is 1820. The van der Waals surface area contributed by atoms with E-state index in [1.165, 1.54) is 12.1 Å². The lowest BCUT2D eigenvalue weighted by molar-refractivity contribution is -0.123. The van der Waals surface area contributed by atoms with Crippen LogP contribution >= 0.6 is 0 Å². The lowest BCUT2D eigenvalue weighted by Crippen LogP contribution is -2.31. The first-order valence-electron chi connectivity index (χ1n) is 12.8. The van der Waals surface area contributed by atoms with Crippen LogP contribution in [0.3, 0.4) is 0 Å². The number of fused-ring (bicyclic) bond motifs is 1. The zero-order chi connectivity index (χ0) is 30.1. The van der Waals surface area contributed by atoms with E-state index >= 15 is 0 Å². The maximum Gasteiger partial charge on any atom is 0.338 e. The van der Waals surface area contributed by atoms with Crippen LogP contribution in [-0.4, -0.2) is 27.9 Å². The number of hydrogen-bond donors (Lipinski definition) is 1. The second-order valence-corrected chi connectivity index (χ2v) is 9.74. The summed E-state index contributed by atoms with van der Waals surface area (Å²) in [4.78, 5) is 35.0. The Morgan fingerprint density at radius 2 is 1.21 bits per heavy atom. The van der Waals surface area contributed by atoms with E-state index in [1.54, 1.807) is 11.4 Å². The Labute approximate surface area is 238 Å². The second-order valence-electron chi connectivity index (χ2n) is 9.74. The molecule has 42 heavy (non-hydrogen) atoms. The molecule has 10 heteroatoms. The summed E-state index contributed by atoms with van der Waals surface area (Å²) in [6.07, 6.45) is -1.57. The molecule has 0 aliphatic rings. The molecule has 212 valence electrons. The summed E-state index contributed by atoms with van der Waals surface area (Å²) in [5.41, 5.74) is 4.68. The minimum absolute atomic E-state index is 0.0143. The molecule has 4 aromatic carbocycles. The Kier molecular flexibility index (Phi) is 7.71. The van der Waals surface area contributed by atoms with Gasteiger partial charge in [-0.25, -0.2) is 32.3 Å². The van der Waals surface area contributed by atoms with Gasteiger partial charge in [0.25, 0.3) is 5.91 Å². The SMILES string of the molecule is Cc1ccc(-c2nc3ccc(C(=O)OC(C)C(=O)Nc4c(F)c(F)cc(F)c4F)cc3nc2-c2ccc(C)cc2)cc1. The summed E-state index contributed by atoms with van der Waals surface area (Å²) in [6, 6.07) is 20.1. The molecule has 0 saturated heterocycles. The van der Waals surface area contributed by atoms with Gasteiger partial charge >= 0.3 is 5.97 Å². The average molecular weight is 574 g/mol. The fourth-order valence-electron chi connectivity index (χ4n) is 4.20. The van der Waals surface area contributed by atoms with Gasteiger partial charge in [-0.15, -0.1) is 0 Å². The number of esters is 1. The first-order valence-corrected chi connectivity index (χ1v) is 12.8. The topological polar surface area (TPSA) is 81.2 Å². The van der Waals surface area contributed by atoms with Crippen LogP contribution in [0.15, 0.2) is 72.8 Å². The number of rotatable bonds is 6. The average Bonchev–Trinajstić information content (AvgIpc) is 2.98. The number of hydrogen-bond acceptors (Lipinski definition) is 5. The zero-order valence-electron chi connectivity index (χ0n) is 22.6. The number of carbonyl (C=O) groups excluding carboxylic acids is 2. The molecular formula is C32H23F4N3O3. The summed E-state index contributed by atoms with van der Waals surface area (Å²) in [6.45, 7) is 5.10. The van der Waals surface area contributed by atoms with Crippen LogP contribution in [0.5, 0.6) is 0 Å². The highest BCUT2D eigenvalue weighted by Gasteiger charge is 2.25. The van der Waals surface area contributed by atoms with E-state index in [-0.39, 0.29) is 11.6 Å². The number of aromatic nitrogens is 2. The van der Waals surface area contributed by atoms with Crippen LogP contribution in [0.25, 0.3) is 33.5 Å². The first kappa shape index (κ1) is 28.4. The number of carbonyl (C=O) groups is 2. The first-order chi connectivity index (χ1) is 20.0. The Morgan fingerprint density at radius 1 is 0.714 bits per heavy atom. The van der Waals surface area contributed by atoms with E-state index in [1.807, 2.05) is 62.4 Å². The van der Waals surface area contributed by atoms with Crippen molar-refractivity contribution in [2.75, 3.05) is 5.32 Å². The Morgan fingerprint density at radius 3 is 1.74 bits per heavy atom. The van der Waals surface area contributed by atoms with Crippen molar-refractivity contribution in [2.24, 2.45) is 0 Å². The number of benzene rings is 4. The zero-order valence-corrected chi connectivity index (χ0v) is 22.6. The highest BCUT2D eigenvalue weighted by atomic mass is 19.2. The van der Waals surface area contributed by atoms with Crippen molar-refractivity contribution in [3.8, 4) is 22.5 Å². The van der Waals surface area contributed by atoms with Gasteiger partial charge in [0.05, 0.1) is 28.0 Å². The molecule has 6 nitrogen and oxygen atoms in total. The fraction of sp³-hybridized carbons (Fsp3) is 0.125. The fourth-order valence-corrected chi connectivity index (χ4v) is 4.20. The minimum atomic E-state index is -1.79. The predicted molar refractivity (Wildman–Crippen MR) is 150 cm³/mol. The summed E-state index contributed by atoms with van der Waals surface area (Å²) in [5.74, 6) is -9.10. The van der Waals surface area contributed by atoms with Crippen LogP contribution in [0.2, 0.25) is 0 Å². The molecule has 5 aromatic rings.